The number of fused-ring (bicyclic) bond motifs is 2. The second-order valence-corrected chi connectivity index (χ2v) is 8.42. The molecule has 1 aliphatic rings. The van der Waals surface area contributed by atoms with Crippen molar-refractivity contribution >= 4 is 46.7 Å². The number of carbonyl (C=O) groups is 2. The zero-order valence-electron chi connectivity index (χ0n) is 16.5. The highest BCUT2D eigenvalue weighted by molar-refractivity contribution is 7.99. The Hall–Kier alpha value is -3.62. The van der Waals surface area contributed by atoms with Crippen LogP contribution >= 0.6 is 23.4 Å². The van der Waals surface area contributed by atoms with E-state index < -0.39 is 5.91 Å². The van der Waals surface area contributed by atoms with E-state index in [0.717, 1.165) is 10.5 Å². The van der Waals surface area contributed by atoms with Crippen LogP contribution in [0.25, 0.3) is 11.3 Å². The molecule has 0 saturated carbocycles. The summed E-state index contributed by atoms with van der Waals surface area (Å²) in [5.41, 5.74) is 2.40. The Balaban J connectivity index is 1.39. The summed E-state index contributed by atoms with van der Waals surface area (Å²) >= 11 is 7.43. The summed E-state index contributed by atoms with van der Waals surface area (Å²) in [6.45, 7) is -0.196. The summed E-state index contributed by atoms with van der Waals surface area (Å²) in [4.78, 5) is 32.7. The molecule has 1 aliphatic heterocycles. The minimum Gasteiger partial charge on any atom is -0.338 e. The molecule has 9 heteroatoms. The van der Waals surface area contributed by atoms with E-state index >= 15 is 0 Å². The third kappa shape index (κ3) is 3.98. The predicted molar refractivity (Wildman–Crippen MR) is 122 cm³/mol. The Morgan fingerprint density at radius 1 is 1.09 bits per heavy atom. The van der Waals surface area contributed by atoms with Crippen molar-refractivity contribution < 1.29 is 14.1 Å². The first-order valence-corrected chi connectivity index (χ1v) is 10.8. The Morgan fingerprint density at radius 3 is 2.84 bits per heavy atom. The lowest BCUT2D eigenvalue weighted by Crippen LogP contribution is -2.38. The Bertz CT molecular complexity index is 1340. The fourth-order valence-corrected chi connectivity index (χ4v) is 4.56. The number of nitrogens with one attached hydrogen (secondary N) is 1. The highest BCUT2D eigenvalue weighted by Crippen LogP contribution is 2.40. The number of benzene rings is 2. The van der Waals surface area contributed by atoms with Gasteiger partial charge in [-0.05, 0) is 36.4 Å². The van der Waals surface area contributed by atoms with Gasteiger partial charge in [0.1, 0.15) is 17.3 Å². The first kappa shape index (κ1) is 20.3. The average molecular weight is 463 g/mol. The van der Waals surface area contributed by atoms with Gasteiger partial charge in [0.2, 0.25) is 11.8 Å². The summed E-state index contributed by atoms with van der Waals surface area (Å²) in [5, 5.41) is 7.83. The number of pyridine rings is 1. The second-order valence-electron chi connectivity index (χ2n) is 6.95. The molecule has 7 nitrogen and oxygen atoms in total. The van der Waals surface area contributed by atoms with Crippen LogP contribution in [0.4, 0.5) is 11.6 Å². The molecule has 0 spiro atoms. The highest BCUT2D eigenvalue weighted by atomic mass is 35.5. The molecule has 0 saturated heterocycles. The van der Waals surface area contributed by atoms with Gasteiger partial charge < -0.3 is 4.52 Å². The average Bonchev–Trinajstić information content (AvgIpc) is 3.22. The summed E-state index contributed by atoms with van der Waals surface area (Å²) in [6.07, 6.45) is 1.64. The quantitative estimate of drug-likeness (QED) is 0.451. The minimum atomic E-state index is -0.417. The van der Waals surface area contributed by atoms with E-state index in [-0.39, 0.29) is 18.3 Å². The van der Waals surface area contributed by atoms with E-state index in [2.05, 4.69) is 15.5 Å². The number of anilines is 2. The van der Waals surface area contributed by atoms with Crippen LogP contribution in [0.3, 0.4) is 0 Å². The Labute approximate surface area is 192 Å². The van der Waals surface area contributed by atoms with Gasteiger partial charge in [0.05, 0.1) is 11.3 Å². The molecule has 0 atom stereocenters. The standard InChI is InChI=1S/C23H15ClN4O3S/c24-15-6-3-5-14(11-15)17-12-21(31-27-17)26-20(29)13-28-18-8-1-2-9-19(18)32-22-16(23(28)30)7-4-10-25-22/h1-12H,13H2,(H,26,29). The summed E-state index contributed by atoms with van der Waals surface area (Å²) in [5.74, 6) is -0.533. The molecule has 3 heterocycles. The van der Waals surface area contributed by atoms with Gasteiger partial charge in [-0.15, -0.1) is 0 Å². The maximum Gasteiger partial charge on any atom is 0.261 e. The van der Waals surface area contributed by atoms with Crippen molar-refractivity contribution in [1.82, 2.24) is 10.1 Å². The number of amides is 2. The van der Waals surface area contributed by atoms with E-state index in [0.29, 0.717) is 27.0 Å². The normalized spacial score (nSPS) is 12.7. The topological polar surface area (TPSA) is 88.3 Å². The van der Waals surface area contributed by atoms with Gasteiger partial charge in [-0.1, -0.05) is 52.8 Å². The van der Waals surface area contributed by atoms with Crippen LogP contribution in [-0.2, 0) is 4.79 Å². The van der Waals surface area contributed by atoms with E-state index in [1.165, 1.54) is 16.7 Å². The molecular weight excluding hydrogens is 448 g/mol. The fraction of sp³-hybridized carbons (Fsp3) is 0.0435. The first-order chi connectivity index (χ1) is 15.6. The van der Waals surface area contributed by atoms with E-state index in [9.17, 15) is 9.59 Å². The number of aromatic nitrogens is 2. The Morgan fingerprint density at radius 2 is 1.97 bits per heavy atom. The second kappa shape index (κ2) is 8.49. The molecule has 32 heavy (non-hydrogen) atoms. The van der Waals surface area contributed by atoms with Crippen LogP contribution in [0.15, 0.2) is 87.4 Å². The molecule has 5 rings (SSSR count). The SMILES string of the molecule is O=C(CN1C(=O)c2cccnc2Sc2ccccc21)Nc1cc(-c2cccc(Cl)c2)no1. The zero-order valence-corrected chi connectivity index (χ0v) is 18.1. The van der Waals surface area contributed by atoms with Gasteiger partial charge in [0.15, 0.2) is 0 Å². The van der Waals surface area contributed by atoms with Crippen LogP contribution in [0.2, 0.25) is 5.02 Å². The maximum atomic E-state index is 13.3. The lowest BCUT2D eigenvalue weighted by Gasteiger charge is -2.21. The first-order valence-electron chi connectivity index (χ1n) is 9.65. The number of carbonyl (C=O) groups excluding carboxylic acids is 2. The largest absolute Gasteiger partial charge is 0.338 e. The lowest BCUT2D eigenvalue weighted by atomic mass is 10.1. The van der Waals surface area contributed by atoms with Gasteiger partial charge in [-0.3, -0.25) is 19.8 Å². The predicted octanol–water partition coefficient (Wildman–Crippen LogP) is 5.14. The molecule has 158 valence electrons. The van der Waals surface area contributed by atoms with E-state index in [1.807, 2.05) is 30.3 Å². The fourth-order valence-electron chi connectivity index (χ4n) is 3.36. The van der Waals surface area contributed by atoms with Gasteiger partial charge in [0, 0.05) is 27.7 Å². The summed E-state index contributed by atoms with van der Waals surface area (Å²) in [7, 11) is 0. The smallest absolute Gasteiger partial charge is 0.261 e. The van der Waals surface area contributed by atoms with E-state index in [4.69, 9.17) is 16.1 Å². The molecule has 1 N–H and O–H groups in total. The van der Waals surface area contributed by atoms with Crippen molar-refractivity contribution in [2.24, 2.45) is 0 Å². The van der Waals surface area contributed by atoms with Crippen molar-refractivity contribution in [3.05, 3.63) is 83.5 Å². The van der Waals surface area contributed by atoms with Crippen LogP contribution < -0.4 is 10.2 Å². The number of hydrogen-bond donors (Lipinski definition) is 1. The lowest BCUT2D eigenvalue weighted by molar-refractivity contribution is -0.115. The molecule has 0 fully saturated rings. The Kier molecular flexibility index (Phi) is 5.38. The van der Waals surface area contributed by atoms with Crippen LogP contribution in [-0.4, -0.2) is 28.5 Å². The third-order valence-electron chi connectivity index (χ3n) is 4.80. The molecule has 4 aromatic rings. The summed E-state index contributed by atoms with van der Waals surface area (Å²) in [6, 6.07) is 19.6. The van der Waals surface area contributed by atoms with Crippen molar-refractivity contribution in [2.75, 3.05) is 16.8 Å². The summed E-state index contributed by atoms with van der Waals surface area (Å²) < 4.78 is 5.25. The maximum absolute atomic E-state index is 13.3. The van der Waals surface area contributed by atoms with Crippen molar-refractivity contribution in [3.63, 3.8) is 0 Å². The molecular formula is C23H15ClN4O3S. The molecule has 0 unspecified atom stereocenters. The van der Waals surface area contributed by atoms with Gasteiger partial charge in [-0.25, -0.2) is 4.98 Å². The molecule has 0 radical (unpaired) electrons. The number of para-hydroxylation sites is 1. The molecule has 2 amide bonds. The molecule has 0 bridgehead atoms. The zero-order chi connectivity index (χ0) is 22.1. The van der Waals surface area contributed by atoms with Crippen LogP contribution in [0, 0.1) is 0 Å². The van der Waals surface area contributed by atoms with Gasteiger partial charge in [0.25, 0.3) is 5.91 Å². The van der Waals surface area contributed by atoms with Crippen LogP contribution in [0.5, 0.6) is 0 Å². The third-order valence-corrected chi connectivity index (χ3v) is 6.12. The number of hydrogen-bond acceptors (Lipinski definition) is 6. The van der Waals surface area contributed by atoms with Gasteiger partial charge >= 0.3 is 0 Å². The number of halogens is 1. The number of rotatable bonds is 4. The molecule has 0 aliphatic carbocycles. The number of nitrogens with zero attached hydrogens (tertiary/aromatic N) is 3. The van der Waals surface area contributed by atoms with Crippen molar-refractivity contribution in [3.8, 4) is 11.3 Å². The molecule has 2 aromatic carbocycles. The van der Waals surface area contributed by atoms with Gasteiger partial charge in [-0.2, -0.15) is 0 Å². The highest BCUT2D eigenvalue weighted by Gasteiger charge is 2.29. The van der Waals surface area contributed by atoms with Crippen LogP contribution in [0.1, 0.15) is 10.4 Å². The minimum absolute atomic E-state index is 0.178. The molecule has 2 aromatic heterocycles. The van der Waals surface area contributed by atoms with E-state index in [1.54, 1.807) is 42.6 Å². The monoisotopic (exact) mass is 462 g/mol. The van der Waals surface area contributed by atoms with Crippen molar-refractivity contribution in [1.29, 1.82) is 0 Å². The van der Waals surface area contributed by atoms with Crippen molar-refractivity contribution in [2.45, 2.75) is 9.92 Å².